The Labute approximate surface area is 111 Å². The minimum atomic E-state index is -5.03. The number of carbonyl (C=O) groups is 1. The third kappa shape index (κ3) is 2.81. The van der Waals surface area contributed by atoms with E-state index in [9.17, 15) is 28.1 Å². The van der Waals surface area contributed by atoms with Gasteiger partial charge in [-0.05, 0) is 25.5 Å². The summed E-state index contributed by atoms with van der Waals surface area (Å²) < 4.78 is 38.5. The van der Waals surface area contributed by atoms with E-state index in [1.807, 2.05) is 5.32 Å². The molecule has 1 atom stereocenters. The lowest BCUT2D eigenvalue weighted by Gasteiger charge is -2.30. The number of rotatable bonds is 4. The number of carboxylic acid groups (broad SMARTS) is 1. The smallest absolute Gasteiger partial charge is 0.422 e. The van der Waals surface area contributed by atoms with Crippen molar-refractivity contribution in [3.05, 3.63) is 33.9 Å². The highest BCUT2D eigenvalue weighted by Crippen LogP contribution is 2.35. The summed E-state index contributed by atoms with van der Waals surface area (Å²) in [6, 6.07) is 3.09. The van der Waals surface area contributed by atoms with Crippen LogP contribution in [0, 0.1) is 17.0 Å². The van der Waals surface area contributed by atoms with Crippen molar-refractivity contribution < 1.29 is 28.0 Å². The van der Waals surface area contributed by atoms with Crippen LogP contribution < -0.4 is 5.32 Å². The third-order valence-corrected chi connectivity index (χ3v) is 2.80. The fourth-order valence-corrected chi connectivity index (χ4v) is 1.42. The molecule has 0 saturated carbocycles. The standard InChI is InChI=1S/C11H11F3N2O4/c1-6-5-7(16(19)20)3-4-8(6)15-10(2,9(17)18)11(12,13)14/h3-5,15H,1-2H3,(H,17,18). The number of alkyl halides is 3. The Morgan fingerprint density at radius 1 is 1.40 bits per heavy atom. The van der Waals surface area contributed by atoms with Gasteiger partial charge in [0.05, 0.1) is 4.92 Å². The first-order valence-electron chi connectivity index (χ1n) is 5.32. The van der Waals surface area contributed by atoms with E-state index in [2.05, 4.69) is 0 Å². The van der Waals surface area contributed by atoms with E-state index in [-0.39, 0.29) is 16.9 Å². The van der Waals surface area contributed by atoms with Crippen molar-refractivity contribution >= 4 is 17.3 Å². The number of nitrogens with zero attached hydrogens (tertiary/aromatic N) is 1. The fraction of sp³-hybridized carbons (Fsp3) is 0.364. The van der Waals surface area contributed by atoms with Crippen LogP contribution >= 0.6 is 0 Å². The van der Waals surface area contributed by atoms with Crippen LogP contribution in [0.25, 0.3) is 0 Å². The Hall–Kier alpha value is -2.32. The molecule has 0 fully saturated rings. The SMILES string of the molecule is Cc1cc([N+](=O)[O-])ccc1NC(C)(C(=O)O)C(F)(F)F. The number of nitrogens with one attached hydrogen (secondary N) is 1. The molecule has 0 bridgehead atoms. The number of halogens is 3. The molecule has 2 N–H and O–H groups in total. The molecular weight excluding hydrogens is 281 g/mol. The number of nitro groups is 1. The van der Waals surface area contributed by atoms with E-state index >= 15 is 0 Å². The Bertz CT molecular complexity index is 559. The van der Waals surface area contributed by atoms with Crippen molar-refractivity contribution in [1.82, 2.24) is 0 Å². The zero-order valence-corrected chi connectivity index (χ0v) is 10.5. The Morgan fingerprint density at radius 3 is 2.30 bits per heavy atom. The van der Waals surface area contributed by atoms with Gasteiger partial charge in [0.15, 0.2) is 0 Å². The second-order valence-corrected chi connectivity index (χ2v) is 4.31. The molecule has 0 aliphatic carbocycles. The van der Waals surface area contributed by atoms with Crippen LogP contribution in [0.2, 0.25) is 0 Å². The van der Waals surface area contributed by atoms with Crippen molar-refractivity contribution in [2.45, 2.75) is 25.6 Å². The van der Waals surface area contributed by atoms with Crippen molar-refractivity contribution in [3.63, 3.8) is 0 Å². The van der Waals surface area contributed by atoms with Gasteiger partial charge in [-0.15, -0.1) is 0 Å². The molecule has 6 nitrogen and oxygen atoms in total. The summed E-state index contributed by atoms with van der Waals surface area (Å²) in [4.78, 5) is 20.7. The summed E-state index contributed by atoms with van der Waals surface area (Å²) >= 11 is 0. The minimum absolute atomic E-state index is 0.135. The molecule has 0 radical (unpaired) electrons. The van der Waals surface area contributed by atoms with Gasteiger partial charge < -0.3 is 10.4 Å². The van der Waals surface area contributed by atoms with Crippen molar-refractivity contribution in [2.75, 3.05) is 5.32 Å². The van der Waals surface area contributed by atoms with Gasteiger partial charge in [-0.25, -0.2) is 4.79 Å². The number of hydrogen-bond donors (Lipinski definition) is 2. The van der Waals surface area contributed by atoms with Gasteiger partial charge in [0.25, 0.3) is 5.69 Å². The summed E-state index contributed by atoms with van der Waals surface area (Å²) in [7, 11) is 0. The number of aliphatic carboxylic acids is 1. The average molecular weight is 292 g/mol. The summed E-state index contributed by atoms with van der Waals surface area (Å²) in [5.41, 5.74) is -3.49. The summed E-state index contributed by atoms with van der Waals surface area (Å²) in [5, 5.41) is 21.2. The molecule has 0 amide bonds. The Kier molecular flexibility index (Phi) is 3.92. The molecular formula is C11H11F3N2O4. The molecule has 0 aromatic heterocycles. The molecule has 0 aliphatic heterocycles. The average Bonchev–Trinajstić information content (AvgIpc) is 2.29. The van der Waals surface area contributed by atoms with Gasteiger partial charge in [-0.3, -0.25) is 10.1 Å². The zero-order valence-electron chi connectivity index (χ0n) is 10.5. The topological polar surface area (TPSA) is 92.5 Å². The molecule has 1 aromatic rings. The lowest BCUT2D eigenvalue weighted by Crippen LogP contribution is -2.55. The lowest BCUT2D eigenvalue weighted by atomic mass is 10.0. The molecule has 110 valence electrons. The summed E-state index contributed by atoms with van der Waals surface area (Å²) in [6.07, 6.45) is -5.03. The van der Waals surface area contributed by atoms with Gasteiger partial charge >= 0.3 is 12.1 Å². The fourth-order valence-electron chi connectivity index (χ4n) is 1.42. The van der Waals surface area contributed by atoms with Crippen LogP contribution in [0.5, 0.6) is 0 Å². The molecule has 0 spiro atoms. The van der Waals surface area contributed by atoms with Crippen molar-refractivity contribution in [2.24, 2.45) is 0 Å². The Balaban J connectivity index is 3.20. The first-order chi connectivity index (χ1) is 8.99. The van der Waals surface area contributed by atoms with Gasteiger partial charge in [-0.1, -0.05) is 0 Å². The first kappa shape index (κ1) is 15.7. The molecule has 1 aromatic carbocycles. The van der Waals surface area contributed by atoms with E-state index in [0.717, 1.165) is 18.2 Å². The number of hydrogen-bond acceptors (Lipinski definition) is 4. The predicted octanol–water partition coefficient (Wildman–Crippen LogP) is 2.72. The van der Waals surface area contributed by atoms with Crippen LogP contribution in [0.3, 0.4) is 0 Å². The number of nitro benzene ring substituents is 1. The lowest BCUT2D eigenvalue weighted by molar-refractivity contribution is -0.384. The molecule has 20 heavy (non-hydrogen) atoms. The number of carboxylic acids is 1. The quantitative estimate of drug-likeness (QED) is 0.657. The normalized spacial score (nSPS) is 14.4. The zero-order chi connectivity index (χ0) is 15.7. The Morgan fingerprint density at radius 2 is 1.95 bits per heavy atom. The highest BCUT2D eigenvalue weighted by Gasteiger charge is 2.57. The second kappa shape index (κ2) is 4.99. The van der Waals surface area contributed by atoms with Crippen LogP contribution in [-0.2, 0) is 4.79 Å². The van der Waals surface area contributed by atoms with Gasteiger partial charge in [0.1, 0.15) is 0 Å². The van der Waals surface area contributed by atoms with E-state index in [1.165, 1.54) is 6.92 Å². The number of benzene rings is 1. The van der Waals surface area contributed by atoms with E-state index in [1.54, 1.807) is 0 Å². The predicted molar refractivity (Wildman–Crippen MR) is 63.6 cm³/mol. The summed E-state index contributed by atoms with van der Waals surface area (Å²) in [6.45, 7) is 1.82. The van der Waals surface area contributed by atoms with E-state index in [0.29, 0.717) is 6.92 Å². The maximum absolute atomic E-state index is 12.8. The number of anilines is 1. The van der Waals surface area contributed by atoms with E-state index < -0.39 is 22.6 Å². The maximum atomic E-state index is 12.8. The van der Waals surface area contributed by atoms with Crippen LogP contribution in [0.1, 0.15) is 12.5 Å². The van der Waals surface area contributed by atoms with Gasteiger partial charge in [0.2, 0.25) is 5.54 Å². The molecule has 1 unspecified atom stereocenters. The van der Waals surface area contributed by atoms with Crippen LogP contribution in [0.4, 0.5) is 24.5 Å². The summed E-state index contributed by atoms with van der Waals surface area (Å²) in [5.74, 6) is -2.09. The highest BCUT2D eigenvalue weighted by atomic mass is 19.4. The molecule has 1 rings (SSSR count). The first-order valence-corrected chi connectivity index (χ1v) is 5.32. The minimum Gasteiger partial charge on any atom is -0.479 e. The van der Waals surface area contributed by atoms with Gasteiger partial charge in [0, 0.05) is 17.8 Å². The maximum Gasteiger partial charge on any atom is 0.422 e. The number of non-ortho nitro benzene ring substituents is 1. The second-order valence-electron chi connectivity index (χ2n) is 4.31. The van der Waals surface area contributed by atoms with E-state index in [4.69, 9.17) is 5.11 Å². The van der Waals surface area contributed by atoms with Gasteiger partial charge in [-0.2, -0.15) is 13.2 Å². The van der Waals surface area contributed by atoms with Crippen molar-refractivity contribution in [1.29, 1.82) is 0 Å². The largest absolute Gasteiger partial charge is 0.479 e. The highest BCUT2D eigenvalue weighted by molar-refractivity contribution is 5.84. The molecule has 0 saturated heterocycles. The molecule has 0 aliphatic rings. The van der Waals surface area contributed by atoms with Crippen LogP contribution in [-0.4, -0.2) is 27.7 Å². The third-order valence-electron chi connectivity index (χ3n) is 2.80. The molecule has 0 heterocycles. The van der Waals surface area contributed by atoms with Crippen molar-refractivity contribution in [3.8, 4) is 0 Å². The van der Waals surface area contributed by atoms with Crippen LogP contribution in [0.15, 0.2) is 18.2 Å². The molecule has 9 heteroatoms. The number of aryl methyl sites for hydroxylation is 1. The monoisotopic (exact) mass is 292 g/mol.